The van der Waals surface area contributed by atoms with Gasteiger partial charge in [-0.3, -0.25) is 4.68 Å². The van der Waals surface area contributed by atoms with Crippen LogP contribution in [0.5, 0.6) is 0 Å². The van der Waals surface area contributed by atoms with Gasteiger partial charge >= 0.3 is 5.97 Å². The number of aromatic carboxylic acids is 1. The van der Waals surface area contributed by atoms with Crippen molar-refractivity contribution in [3.8, 4) is 0 Å². The van der Waals surface area contributed by atoms with Gasteiger partial charge in [-0.1, -0.05) is 30.3 Å². The highest BCUT2D eigenvalue weighted by Crippen LogP contribution is 2.13. The Morgan fingerprint density at radius 2 is 2.06 bits per heavy atom. The summed E-state index contributed by atoms with van der Waals surface area (Å²) in [6, 6.07) is 9.35. The lowest BCUT2D eigenvalue weighted by Crippen LogP contribution is -2.05. The predicted molar refractivity (Wildman–Crippen MR) is 59.4 cm³/mol. The van der Waals surface area contributed by atoms with Crippen LogP contribution in [0.15, 0.2) is 30.3 Å². The Bertz CT molecular complexity index is 549. The number of carboxylic acids is 1. The second kappa shape index (κ2) is 4.37. The molecule has 1 aromatic heterocycles. The van der Waals surface area contributed by atoms with Crippen molar-refractivity contribution in [2.75, 3.05) is 0 Å². The average molecular weight is 234 g/mol. The Labute approximate surface area is 97.3 Å². The quantitative estimate of drug-likeness (QED) is 0.884. The van der Waals surface area contributed by atoms with E-state index in [4.69, 9.17) is 5.11 Å². The van der Waals surface area contributed by atoms with E-state index in [1.165, 1.54) is 11.6 Å². The highest BCUT2D eigenvalue weighted by Gasteiger charge is 2.19. The van der Waals surface area contributed by atoms with Crippen LogP contribution in [0.25, 0.3) is 0 Å². The van der Waals surface area contributed by atoms with E-state index in [2.05, 4.69) is 5.10 Å². The molecule has 1 N–H and O–H groups in total. The van der Waals surface area contributed by atoms with E-state index in [0.717, 1.165) is 5.56 Å². The zero-order valence-corrected chi connectivity index (χ0v) is 9.22. The molecule has 1 aromatic carbocycles. The largest absolute Gasteiger partial charge is 0.476 e. The van der Waals surface area contributed by atoms with Crippen molar-refractivity contribution in [1.29, 1.82) is 0 Å². The van der Waals surface area contributed by atoms with E-state index in [1.807, 2.05) is 30.3 Å². The first-order chi connectivity index (χ1) is 8.09. The Morgan fingerprint density at radius 1 is 1.41 bits per heavy atom. The fourth-order valence-corrected chi connectivity index (χ4v) is 1.57. The minimum absolute atomic E-state index is 0.228. The summed E-state index contributed by atoms with van der Waals surface area (Å²) in [5, 5.41) is 12.5. The van der Waals surface area contributed by atoms with Crippen molar-refractivity contribution in [3.63, 3.8) is 0 Å². The molecular formula is C12H11FN2O2. The summed E-state index contributed by atoms with van der Waals surface area (Å²) in [5.74, 6) is -2.12. The first-order valence-corrected chi connectivity index (χ1v) is 5.09. The summed E-state index contributed by atoms with van der Waals surface area (Å²) in [5.41, 5.74) is 0.639. The van der Waals surface area contributed by atoms with Crippen LogP contribution < -0.4 is 0 Å². The van der Waals surface area contributed by atoms with Crippen molar-refractivity contribution in [2.45, 2.75) is 13.5 Å². The number of hydrogen-bond donors (Lipinski definition) is 1. The number of benzene rings is 1. The van der Waals surface area contributed by atoms with Crippen molar-refractivity contribution < 1.29 is 14.3 Å². The molecule has 0 fully saturated rings. The van der Waals surface area contributed by atoms with E-state index < -0.39 is 17.5 Å². The third kappa shape index (κ3) is 2.18. The molecule has 0 atom stereocenters. The first kappa shape index (κ1) is 11.3. The lowest BCUT2D eigenvalue weighted by Gasteiger charge is -2.03. The zero-order valence-electron chi connectivity index (χ0n) is 9.22. The summed E-state index contributed by atoms with van der Waals surface area (Å²) in [6.45, 7) is 1.87. The second-order valence-electron chi connectivity index (χ2n) is 3.70. The maximum absolute atomic E-state index is 13.5. The van der Waals surface area contributed by atoms with E-state index in [9.17, 15) is 9.18 Å². The van der Waals surface area contributed by atoms with Crippen LogP contribution in [0, 0.1) is 12.7 Å². The Kier molecular flexibility index (Phi) is 2.91. The van der Waals surface area contributed by atoms with Gasteiger partial charge in [0.05, 0.1) is 12.2 Å². The van der Waals surface area contributed by atoms with Gasteiger partial charge in [0.15, 0.2) is 5.82 Å². The highest BCUT2D eigenvalue weighted by atomic mass is 19.1. The molecule has 5 heteroatoms. The maximum atomic E-state index is 13.5. The van der Waals surface area contributed by atoms with Gasteiger partial charge in [-0.25, -0.2) is 9.18 Å². The molecule has 0 aliphatic rings. The number of nitrogens with zero attached hydrogens (tertiary/aromatic N) is 2. The van der Waals surface area contributed by atoms with Crippen molar-refractivity contribution in [3.05, 3.63) is 53.1 Å². The lowest BCUT2D eigenvalue weighted by atomic mass is 10.2. The second-order valence-corrected chi connectivity index (χ2v) is 3.70. The number of carbonyl (C=O) groups is 1. The molecule has 4 nitrogen and oxygen atoms in total. The standard InChI is InChI=1S/C12H11FN2O2/c1-8-10(13)11(12(16)17)14-15(8)7-9-5-3-2-4-6-9/h2-6H,7H2,1H3,(H,16,17). The molecule has 88 valence electrons. The van der Waals surface area contributed by atoms with Crippen LogP contribution in [-0.4, -0.2) is 20.9 Å². The third-order valence-electron chi connectivity index (χ3n) is 2.51. The van der Waals surface area contributed by atoms with Crippen molar-refractivity contribution in [1.82, 2.24) is 9.78 Å². The molecule has 17 heavy (non-hydrogen) atoms. The topological polar surface area (TPSA) is 55.1 Å². The summed E-state index contributed by atoms with van der Waals surface area (Å²) in [7, 11) is 0. The first-order valence-electron chi connectivity index (χ1n) is 5.09. The minimum Gasteiger partial charge on any atom is -0.476 e. The van der Waals surface area contributed by atoms with Crippen molar-refractivity contribution >= 4 is 5.97 Å². The van der Waals surface area contributed by atoms with E-state index in [1.54, 1.807) is 0 Å². The fraction of sp³-hybridized carbons (Fsp3) is 0.167. The molecule has 0 spiro atoms. The molecule has 0 amide bonds. The molecule has 0 aliphatic carbocycles. The number of aromatic nitrogens is 2. The molecule has 0 radical (unpaired) electrons. The summed E-state index contributed by atoms with van der Waals surface area (Å²) < 4.78 is 14.9. The van der Waals surface area contributed by atoms with Gasteiger partial charge in [0.2, 0.25) is 5.69 Å². The smallest absolute Gasteiger partial charge is 0.359 e. The van der Waals surface area contributed by atoms with Crippen LogP contribution in [0.2, 0.25) is 0 Å². The van der Waals surface area contributed by atoms with Gasteiger partial charge < -0.3 is 5.11 Å². The van der Waals surface area contributed by atoms with E-state index >= 15 is 0 Å². The van der Waals surface area contributed by atoms with Gasteiger partial charge in [-0.2, -0.15) is 5.10 Å². The summed E-state index contributed by atoms with van der Waals surface area (Å²) >= 11 is 0. The van der Waals surface area contributed by atoms with Crippen LogP contribution in [0.1, 0.15) is 21.7 Å². The van der Waals surface area contributed by atoms with Crippen LogP contribution in [0.3, 0.4) is 0 Å². The number of carboxylic acid groups (broad SMARTS) is 1. The Hall–Kier alpha value is -2.17. The van der Waals surface area contributed by atoms with E-state index in [0.29, 0.717) is 6.54 Å². The van der Waals surface area contributed by atoms with Crippen molar-refractivity contribution in [2.24, 2.45) is 0 Å². The number of rotatable bonds is 3. The Morgan fingerprint density at radius 3 is 2.59 bits per heavy atom. The molecule has 1 heterocycles. The maximum Gasteiger partial charge on any atom is 0.359 e. The molecule has 0 saturated carbocycles. The van der Waals surface area contributed by atoms with Gasteiger partial charge in [-0.05, 0) is 12.5 Å². The predicted octanol–water partition coefficient (Wildman–Crippen LogP) is 2.08. The average Bonchev–Trinajstić information content (AvgIpc) is 2.59. The third-order valence-corrected chi connectivity index (χ3v) is 2.51. The highest BCUT2D eigenvalue weighted by molar-refractivity contribution is 5.85. The van der Waals surface area contributed by atoms with Gasteiger partial charge in [-0.15, -0.1) is 0 Å². The molecule has 0 aliphatic heterocycles. The molecule has 0 bridgehead atoms. The van der Waals surface area contributed by atoms with Crippen LogP contribution in [0.4, 0.5) is 4.39 Å². The van der Waals surface area contributed by atoms with Crippen LogP contribution >= 0.6 is 0 Å². The minimum atomic E-state index is -1.35. The monoisotopic (exact) mass is 234 g/mol. The van der Waals surface area contributed by atoms with Gasteiger partial charge in [0.1, 0.15) is 0 Å². The molecule has 0 unspecified atom stereocenters. The van der Waals surface area contributed by atoms with Crippen LogP contribution in [-0.2, 0) is 6.54 Å². The van der Waals surface area contributed by atoms with Gasteiger partial charge in [0.25, 0.3) is 0 Å². The van der Waals surface area contributed by atoms with Gasteiger partial charge in [0, 0.05) is 0 Å². The SMILES string of the molecule is Cc1c(F)c(C(=O)O)nn1Cc1ccccc1. The Balaban J connectivity index is 2.34. The molecule has 0 saturated heterocycles. The lowest BCUT2D eigenvalue weighted by molar-refractivity contribution is 0.0684. The molecular weight excluding hydrogens is 223 g/mol. The fourth-order valence-electron chi connectivity index (χ4n) is 1.57. The normalized spacial score (nSPS) is 10.5. The summed E-state index contributed by atoms with van der Waals surface area (Å²) in [6.07, 6.45) is 0. The van der Waals surface area contributed by atoms with E-state index in [-0.39, 0.29) is 5.69 Å². The summed E-state index contributed by atoms with van der Waals surface area (Å²) in [4.78, 5) is 10.7. The zero-order chi connectivity index (χ0) is 12.4. The molecule has 2 aromatic rings. The number of hydrogen-bond acceptors (Lipinski definition) is 2. The number of halogens is 1. The molecule has 2 rings (SSSR count).